The average Bonchev–Trinajstić information content (AvgIpc) is 2.84. The van der Waals surface area contributed by atoms with Gasteiger partial charge in [-0.1, -0.05) is 35.5 Å². The predicted molar refractivity (Wildman–Crippen MR) is 131 cm³/mol. The molecule has 180 valence electrons. The minimum absolute atomic E-state index is 0.0417. The van der Waals surface area contributed by atoms with Gasteiger partial charge in [0.25, 0.3) is 0 Å². The molecule has 9 heteroatoms. The van der Waals surface area contributed by atoms with Crippen molar-refractivity contribution in [3.05, 3.63) is 53.1 Å². The highest BCUT2D eigenvalue weighted by molar-refractivity contribution is 7.99. The van der Waals surface area contributed by atoms with Crippen LogP contribution in [-0.4, -0.2) is 67.3 Å². The van der Waals surface area contributed by atoms with E-state index in [1.165, 1.54) is 11.8 Å². The fourth-order valence-electron chi connectivity index (χ4n) is 3.74. The van der Waals surface area contributed by atoms with E-state index in [9.17, 15) is 9.59 Å². The van der Waals surface area contributed by atoms with E-state index in [4.69, 9.17) is 25.8 Å². The summed E-state index contributed by atoms with van der Waals surface area (Å²) in [6.45, 7) is 6.56. The van der Waals surface area contributed by atoms with Crippen LogP contribution in [-0.2, 0) is 14.3 Å². The lowest BCUT2D eigenvalue weighted by Gasteiger charge is -2.33. The van der Waals surface area contributed by atoms with Crippen LogP contribution < -0.4 is 9.47 Å². The summed E-state index contributed by atoms with van der Waals surface area (Å²) in [7, 11) is 0. The van der Waals surface area contributed by atoms with Gasteiger partial charge in [0.15, 0.2) is 18.1 Å². The molecule has 2 aromatic rings. The number of carbonyl (C=O) groups is 2. The molecule has 0 N–H and O–H groups in total. The van der Waals surface area contributed by atoms with Gasteiger partial charge in [0, 0.05) is 50.7 Å². The molecular weight excluding hydrogens is 476 g/mol. The largest absolute Gasteiger partial charge is 0.482 e. The molecule has 0 aromatic heterocycles. The van der Waals surface area contributed by atoms with Gasteiger partial charge in [-0.25, -0.2) is 0 Å². The minimum atomic E-state index is -0.409. The lowest BCUT2D eigenvalue weighted by Crippen LogP contribution is -2.49. The zero-order valence-electron chi connectivity index (χ0n) is 19.2. The van der Waals surface area contributed by atoms with Crippen LogP contribution in [0.4, 0.5) is 0 Å². The van der Waals surface area contributed by atoms with Crippen molar-refractivity contribution in [2.75, 3.05) is 39.4 Å². The summed E-state index contributed by atoms with van der Waals surface area (Å²) in [4.78, 5) is 29.2. The van der Waals surface area contributed by atoms with Crippen molar-refractivity contribution in [2.24, 2.45) is 0 Å². The van der Waals surface area contributed by atoms with Gasteiger partial charge in [0.2, 0.25) is 18.1 Å². The second-order valence-electron chi connectivity index (χ2n) is 7.85. The normalized spacial score (nSPS) is 17.8. The van der Waals surface area contributed by atoms with Gasteiger partial charge < -0.3 is 24.0 Å². The highest BCUT2D eigenvalue weighted by Gasteiger charge is 2.24. The molecule has 1 unspecified atom stereocenters. The van der Waals surface area contributed by atoms with Crippen LogP contribution in [0.5, 0.6) is 11.5 Å². The van der Waals surface area contributed by atoms with Crippen LogP contribution in [0.3, 0.4) is 0 Å². The van der Waals surface area contributed by atoms with Crippen LogP contribution in [0.1, 0.15) is 19.4 Å². The summed E-state index contributed by atoms with van der Waals surface area (Å²) >= 11 is 8.05. The maximum absolute atomic E-state index is 12.5. The Kier molecular flexibility index (Phi) is 8.03. The van der Waals surface area contributed by atoms with E-state index in [0.29, 0.717) is 55.9 Å². The minimum Gasteiger partial charge on any atom is -0.482 e. The molecule has 2 aromatic carbocycles. The van der Waals surface area contributed by atoms with Crippen molar-refractivity contribution in [3.8, 4) is 11.5 Å². The summed E-state index contributed by atoms with van der Waals surface area (Å²) in [5.41, 5.74) is 0.833. The number of amides is 2. The fraction of sp³-hybridized carbons (Fsp3) is 0.360. The topological polar surface area (TPSA) is 68.3 Å². The molecule has 2 aliphatic rings. The van der Waals surface area contributed by atoms with Crippen molar-refractivity contribution >= 4 is 41.3 Å². The quantitative estimate of drug-likeness (QED) is 0.548. The van der Waals surface area contributed by atoms with Crippen molar-refractivity contribution in [2.45, 2.75) is 29.9 Å². The molecule has 0 saturated carbocycles. The van der Waals surface area contributed by atoms with Crippen LogP contribution in [0.25, 0.3) is 6.08 Å². The highest BCUT2D eigenvalue weighted by Crippen LogP contribution is 2.44. The Hall–Kier alpha value is -2.68. The molecule has 34 heavy (non-hydrogen) atoms. The molecule has 0 aliphatic carbocycles. The number of carbonyl (C=O) groups excluding carboxylic acids is 2. The highest BCUT2D eigenvalue weighted by atomic mass is 35.5. The van der Waals surface area contributed by atoms with E-state index in [1.807, 2.05) is 43.3 Å². The third kappa shape index (κ3) is 5.87. The Morgan fingerprint density at radius 2 is 1.91 bits per heavy atom. The average molecular weight is 503 g/mol. The van der Waals surface area contributed by atoms with Gasteiger partial charge in [-0.05, 0) is 42.8 Å². The Bertz CT molecular complexity index is 1080. The van der Waals surface area contributed by atoms with Crippen molar-refractivity contribution < 1.29 is 23.8 Å². The molecule has 2 aliphatic heterocycles. The zero-order chi connectivity index (χ0) is 24.1. The summed E-state index contributed by atoms with van der Waals surface area (Å²) in [5, 5.41) is 0.580. The number of ether oxygens (including phenoxy) is 3. The first-order valence-corrected chi connectivity index (χ1v) is 12.4. The molecule has 2 heterocycles. The van der Waals surface area contributed by atoms with Crippen LogP contribution >= 0.6 is 23.4 Å². The summed E-state index contributed by atoms with van der Waals surface area (Å²) in [6, 6.07) is 11.4. The smallest absolute Gasteiger partial charge is 0.246 e. The van der Waals surface area contributed by atoms with E-state index < -0.39 is 6.29 Å². The van der Waals surface area contributed by atoms with Crippen molar-refractivity contribution in [1.82, 2.24) is 9.80 Å². The second kappa shape index (κ2) is 11.2. The van der Waals surface area contributed by atoms with Gasteiger partial charge in [-0.2, -0.15) is 0 Å². The number of benzene rings is 2. The van der Waals surface area contributed by atoms with E-state index in [2.05, 4.69) is 0 Å². The number of hydrogen-bond donors (Lipinski definition) is 0. The van der Waals surface area contributed by atoms with Crippen LogP contribution in [0, 0.1) is 0 Å². The molecule has 7 nitrogen and oxygen atoms in total. The molecule has 1 fully saturated rings. The van der Waals surface area contributed by atoms with Gasteiger partial charge in [0.05, 0.1) is 9.92 Å². The molecule has 1 atom stereocenters. The Morgan fingerprint density at radius 3 is 2.62 bits per heavy atom. The summed E-state index contributed by atoms with van der Waals surface area (Å²) in [6.07, 6.45) is 2.90. The van der Waals surface area contributed by atoms with Gasteiger partial charge in [0.1, 0.15) is 0 Å². The lowest BCUT2D eigenvalue weighted by molar-refractivity contribution is -0.135. The van der Waals surface area contributed by atoms with Crippen molar-refractivity contribution in [3.63, 3.8) is 0 Å². The maximum atomic E-state index is 12.5. The summed E-state index contributed by atoms with van der Waals surface area (Å²) < 4.78 is 17.3. The molecule has 4 rings (SSSR count). The number of fused-ring (bicyclic) bond motifs is 1. The SMILES string of the molecule is CCOC1COc2c(cccc2Sc2ccc(/C=C/C(=O)N3CCN(C(C)=O)CC3)cc2Cl)O1. The number of piperazine rings is 1. The number of nitrogens with zero attached hydrogens (tertiary/aromatic N) is 2. The molecular formula is C25H27ClN2O5S. The molecule has 1 saturated heterocycles. The lowest BCUT2D eigenvalue weighted by atomic mass is 10.2. The Morgan fingerprint density at radius 1 is 1.15 bits per heavy atom. The second-order valence-corrected chi connectivity index (χ2v) is 9.34. The van der Waals surface area contributed by atoms with Gasteiger partial charge in [-0.15, -0.1) is 0 Å². The van der Waals surface area contributed by atoms with E-state index in [0.717, 1.165) is 15.4 Å². The molecule has 0 radical (unpaired) electrons. The molecule has 0 bridgehead atoms. The van der Waals surface area contributed by atoms with Gasteiger partial charge in [-0.3, -0.25) is 9.59 Å². The van der Waals surface area contributed by atoms with Crippen molar-refractivity contribution in [1.29, 1.82) is 0 Å². The predicted octanol–water partition coefficient (Wildman–Crippen LogP) is 4.33. The van der Waals surface area contributed by atoms with E-state index in [1.54, 1.807) is 28.9 Å². The first-order valence-electron chi connectivity index (χ1n) is 11.2. The maximum Gasteiger partial charge on any atom is 0.246 e. The van der Waals surface area contributed by atoms with Gasteiger partial charge >= 0.3 is 0 Å². The monoisotopic (exact) mass is 502 g/mol. The first-order chi connectivity index (χ1) is 16.4. The van der Waals surface area contributed by atoms with Crippen LogP contribution in [0.2, 0.25) is 5.02 Å². The third-order valence-electron chi connectivity index (χ3n) is 5.55. The number of hydrogen-bond acceptors (Lipinski definition) is 6. The zero-order valence-corrected chi connectivity index (χ0v) is 20.7. The number of halogens is 1. The van der Waals surface area contributed by atoms with E-state index in [-0.39, 0.29) is 11.8 Å². The first kappa shape index (κ1) is 24.4. The number of rotatable bonds is 6. The molecule has 0 spiro atoms. The van der Waals surface area contributed by atoms with E-state index >= 15 is 0 Å². The van der Waals surface area contributed by atoms with Crippen LogP contribution in [0.15, 0.2) is 52.3 Å². The molecule has 2 amide bonds. The standard InChI is InChI=1S/C25H27ClN2O5S/c1-3-31-24-16-32-25-20(33-24)5-4-6-22(25)34-21-9-7-18(15-19(21)26)8-10-23(30)28-13-11-27(12-14-28)17(2)29/h4-10,15,24H,3,11-14,16H2,1-2H3/b10-8+. The summed E-state index contributed by atoms with van der Waals surface area (Å²) in [5.74, 6) is 1.29. The Balaban J connectivity index is 1.39. The Labute approximate surface area is 208 Å². The third-order valence-corrected chi connectivity index (χ3v) is 7.09. The fourth-order valence-corrected chi connectivity index (χ4v) is 4.98. The number of para-hydroxylation sites is 1.